The highest BCUT2D eigenvalue weighted by atomic mass is 16.4. The molecule has 1 rings (SSSR count). The molecule has 3 N–H and O–H groups in total. The van der Waals surface area contributed by atoms with E-state index in [1.165, 1.54) is 26.2 Å². The summed E-state index contributed by atoms with van der Waals surface area (Å²) in [5.41, 5.74) is 0.169. The topological polar surface area (TPSA) is 78.4 Å². The normalized spacial score (nSPS) is 20.4. The number of carbonyl (C=O) groups excluding carboxylic acids is 1. The van der Waals surface area contributed by atoms with Crippen LogP contribution in [0.4, 0.5) is 4.79 Å². The smallest absolute Gasteiger partial charge is 0.325 e. The van der Waals surface area contributed by atoms with Gasteiger partial charge in [0.2, 0.25) is 0 Å². The molecule has 1 saturated carbocycles. The molecule has 1 unspecified atom stereocenters. The van der Waals surface area contributed by atoms with Crippen molar-refractivity contribution in [1.82, 2.24) is 10.6 Å². The summed E-state index contributed by atoms with van der Waals surface area (Å²) in [6.45, 7) is 4.24. The lowest BCUT2D eigenvalue weighted by Gasteiger charge is -2.33. The van der Waals surface area contributed by atoms with E-state index in [2.05, 4.69) is 17.6 Å². The summed E-state index contributed by atoms with van der Waals surface area (Å²) in [5, 5.41) is 13.8. The Morgan fingerprint density at radius 2 is 1.88 bits per heavy atom. The number of carboxylic acid groups (broad SMARTS) is 1. The van der Waals surface area contributed by atoms with Crippen LogP contribution in [0, 0.1) is 5.41 Å². The molecule has 5 heteroatoms. The van der Waals surface area contributed by atoms with Crippen molar-refractivity contribution in [2.45, 2.75) is 52.0 Å². The molecule has 0 heterocycles. The van der Waals surface area contributed by atoms with E-state index in [0.29, 0.717) is 6.54 Å². The molecule has 5 nitrogen and oxygen atoms in total. The Morgan fingerprint density at radius 1 is 1.29 bits per heavy atom. The second-order valence-corrected chi connectivity index (χ2v) is 5.26. The fourth-order valence-electron chi connectivity index (χ4n) is 2.19. The molecule has 0 aromatic carbocycles. The van der Waals surface area contributed by atoms with Crippen LogP contribution in [0.3, 0.4) is 0 Å². The highest BCUT2D eigenvalue weighted by Crippen LogP contribution is 2.34. The molecule has 2 amide bonds. The van der Waals surface area contributed by atoms with Gasteiger partial charge in [-0.1, -0.05) is 26.2 Å². The standard InChI is InChI=1S/C12H22N2O3/c1-9(10(15)16)14-11(17)13-8-12(2)6-4-3-5-7-12/h9H,3-8H2,1-2H3,(H,15,16)(H2,13,14,17). The summed E-state index contributed by atoms with van der Waals surface area (Å²) in [6, 6.07) is -1.25. The summed E-state index contributed by atoms with van der Waals surface area (Å²) in [6.07, 6.45) is 5.96. The summed E-state index contributed by atoms with van der Waals surface area (Å²) >= 11 is 0. The van der Waals surface area contributed by atoms with E-state index in [1.54, 1.807) is 0 Å². The number of carbonyl (C=O) groups is 2. The van der Waals surface area contributed by atoms with Crippen LogP contribution in [0.25, 0.3) is 0 Å². The van der Waals surface area contributed by atoms with E-state index < -0.39 is 18.0 Å². The monoisotopic (exact) mass is 242 g/mol. The zero-order valence-electron chi connectivity index (χ0n) is 10.6. The number of nitrogens with one attached hydrogen (secondary N) is 2. The van der Waals surface area contributed by atoms with Gasteiger partial charge in [0.25, 0.3) is 0 Å². The first-order chi connectivity index (χ1) is 7.93. The summed E-state index contributed by atoms with van der Waals surface area (Å²) in [5.74, 6) is -1.02. The quantitative estimate of drug-likeness (QED) is 0.702. The molecule has 98 valence electrons. The molecule has 1 atom stereocenters. The number of hydrogen-bond donors (Lipinski definition) is 3. The SMILES string of the molecule is CC(NC(=O)NCC1(C)CCCCC1)C(=O)O. The molecule has 0 bridgehead atoms. The van der Waals surface area contributed by atoms with Gasteiger partial charge in [0.05, 0.1) is 0 Å². The van der Waals surface area contributed by atoms with Crippen molar-refractivity contribution < 1.29 is 14.7 Å². The third-order valence-corrected chi connectivity index (χ3v) is 3.45. The highest BCUT2D eigenvalue weighted by molar-refractivity contribution is 5.82. The summed E-state index contributed by atoms with van der Waals surface area (Å²) in [7, 11) is 0. The first kappa shape index (κ1) is 13.8. The molecule has 0 aliphatic heterocycles. The van der Waals surface area contributed by atoms with Gasteiger partial charge < -0.3 is 15.7 Å². The van der Waals surface area contributed by atoms with Crippen LogP contribution < -0.4 is 10.6 Å². The first-order valence-electron chi connectivity index (χ1n) is 6.20. The van der Waals surface area contributed by atoms with Crippen molar-refractivity contribution in [1.29, 1.82) is 0 Å². The van der Waals surface area contributed by atoms with Gasteiger partial charge in [-0.15, -0.1) is 0 Å². The van der Waals surface area contributed by atoms with Crippen LogP contribution in [0.5, 0.6) is 0 Å². The summed E-state index contributed by atoms with van der Waals surface area (Å²) < 4.78 is 0. The Morgan fingerprint density at radius 3 is 2.41 bits per heavy atom. The Labute approximate surface area is 102 Å². The van der Waals surface area contributed by atoms with E-state index in [9.17, 15) is 9.59 Å². The van der Waals surface area contributed by atoms with Crippen LogP contribution in [0.2, 0.25) is 0 Å². The largest absolute Gasteiger partial charge is 0.480 e. The maximum atomic E-state index is 11.5. The molecular formula is C12H22N2O3. The molecular weight excluding hydrogens is 220 g/mol. The molecule has 1 aliphatic carbocycles. The van der Waals surface area contributed by atoms with Crippen LogP contribution >= 0.6 is 0 Å². The van der Waals surface area contributed by atoms with Gasteiger partial charge in [0.1, 0.15) is 6.04 Å². The Bertz CT molecular complexity index is 285. The van der Waals surface area contributed by atoms with Crippen LogP contribution in [0.15, 0.2) is 0 Å². The maximum absolute atomic E-state index is 11.5. The minimum absolute atomic E-state index is 0.169. The number of aliphatic carboxylic acids is 1. The lowest BCUT2D eigenvalue weighted by molar-refractivity contribution is -0.138. The molecule has 1 fully saturated rings. The van der Waals surface area contributed by atoms with E-state index in [-0.39, 0.29) is 5.41 Å². The lowest BCUT2D eigenvalue weighted by Crippen LogP contribution is -2.47. The highest BCUT2D eigenvalue weighted by Gasteiger charge is 2.27. The Hall–Kier alpha value is -1.26. The van der Waals surface area contributed by atoms with Crippen molar-refractivity contribution in [3.05, 3.63) is 0 Å². The zero-order chi connectivity index (χ0) is 12.9. The number of urea groups is 1. The summed E-state index contributed by atoms with van der Waals surface area (Å²) in [4.78, 5) is 22.0. The number of hydrogen-bond acceptors (Lipinski definition) is 2. The van der Waals surface area contributed by atoms with Crippen molar-refractivity contribution in [3.8, 4) is 0 Å². The third kappa shape index (κ3) is 4.63. The van der Waals surface area contributed by atoms with E-state index in [4.69, 9.17) is 5.11 Å². The zero-order valence-corrected chi connectivity index (χ0v) is 10.6. The van der Waals surface area contributed by atoms with E-state index in [0.717, 1.165) is 12.8 Å². The lowest BCUT2D eigenvalue weighted by atomic mass is 9.76. The van der Waals surface area contributed by atoms with E-state index in [1.807, 2.05) is 0 Å². The average Bonchev–Trinajstić information content (AvgIpc) is 2.27. The molecule has 17 heavy (non-hydrogen) atoms. The van der Waals surface area contributed by atoms with Gasteiger partial charge in [0, 0.05) is 6.54 Å². The van der Waals surface area contributed by atoms with Crippen molar-refractivity contribution in [2.75, 3.05) is 6.54 Å². The minimum Gasteiger partial charge on any atom is -0.480 e. The second kappa shape index (κ2) is 5.89. The third-order valence-electron chi connectivity index (χ3n) is 3.45. The fraction of sp³-hybridized carbons (Fsp3) is 0.833. The molecule has 1 aliphatic rings. The van der Waals surface area contributed by atoms with Gasteiger partial charge in [0.15, 0.2) is 0 Å². The molecule has 0 radical (unpaired) electrons. The van der Waals surface area contributed by atoms with Gasteiger partial charge in [-0.25, -0.2) is 4.79 Å². The number of carboxylic acids is 1. The Balaban J connectivity index is 2.29. The average molecular weight is 242 g/mol. The number of amides is 2. The maximum Gasteiger partial charge on any atom is 0.325 e. The molecule has 0 aromatic heterocycles. The van der Waals surface area contributed by atoms with Crippen LogP contribution in [0.1, 0.15) is 46.0 Å². The second-order valence-electron chi connectivity index (χ2n) is 5.26. The van der Waals surface area contributed by atoms with Crippen LogP contribution in [-0.2, 0) is 4.79 Å². The minimum atomic E-state index is -1.02. The van der Waals surface area contributed by atoms with Gasteiger partial charge in [-0.3, -0.25) is 4.79 Å². The van der Waals surface area contributed by atoms with Crippen molar-refractivity contribution in [2.24, 2.45) is 5.41 Å². The molecule has 0 aromatic rings. The van der Waals surface area contributed by atoms with Gasteiger partial charge in [-0.2, -0.15) is 0 Å². The Kier molecular flexibility index (Phi) is 4.78. The molecule has 0 spiro atoms. The van der Waals surface area contributed by atoms with Gasteiger partial charge in [-0.05, 0) is 25.2 Å². The number of rotatable bonds is 4. The van der Waals surface area contributed by atoms with Gasteiger partial charge >= 0.3 is 12.0 Å². The predicted octanol–water partition coefficient (Wildman–Crippen LogP) is 1.73. The van der Waals surface area contributed by atoms with E-state index >= 15 is 0 Å². The fourth-order valence-corrected chi connectivity index (χ4v) is 2.19. The molecule has 0 saturated heterocycles. The predicted molar refractivity (Wildman–Crippen MR) is 64.8 cm³/mol. The van der Waals surface area contributed by atoms with Crippen LogP contribution in [-0.4, -0.2) is 29.7 Å². The van der Waals surface area contributed by atoms with Crippen molar-refractivity contribution in [3.63, 3.8) is 0 Å². The first-order valence-corrected chi connectivity index (χ1v) is 6.20. The van der Waals surface area contributed by atoms with Crippen molar-refractivity contribution >= 4 is 12.0 Å².